The van der Waals surface area contributed by atoms with Crippen molar-refractivity contribution in [2.45, 2.75) is 38.1 Å². The lowest BCUT2D eigenvalue weighted by molar-refractivity contribution is -0.134. The highest BCUT2D eigenvalue weighted by Gasteiger charge is 2.28. The SMILES string of the molecule is CC(=O)N1CCN(C(=O)c2ccc(OCCN(C)C)cc2)CCCCOC[C@@H](O)[C@H](O)[C@@H](O)C1. The van der Waals surface area contributed by atoms with E-state index in [4.69, 9.17) is 9.47 Å². The number of rotatable bonds is 5. The van der Waals surface area contributed by atoms with Gasteiger partial charge in [0.15, 0.2) is 0 Å². The molecule has 0 unspecified atom stereocenters. The minimum absolute atomic E-state index is 0.121. The van der Waals surface area contributed by atoms with Gasteiger partial charge in [0, 0.05) is 51.8 Å². The van der Waals surface area contributed by atoms with Gasteiger partial charge in [-0.05, 0) is 51.2 Å². The lowest BCUT2D eigenvalue weighted by atomic mass is 10.1. The van der Waals surface area contributed by atoms with Gasteiger partial charge in [0.25, 0.3) is 5.91 Å². The Morgan fingerprint density at radius 3 is 2.35 bits per heavy atom. The molecule has 0 bridgehead atoms. The molecule has 0 spiro atoms. The van der Waals surface area contributed by atoms with Crippen molar-refractivity contribution in [1.29, 1.82) is 0 Å². The van der Waals surface area contributed by atoms with Gasteiger partial charge in [-0.2, -0.15) is 0 Å². The molecule has 2 rings (SSSR count). The normalized spacial score (nSPS) is 23.4. The minimum Gasteiger partial charge on any atom is -0.492 e. The van der Waals surface area contributed by atoms with E-state index in [-0.39, 0.29) is 38.1 Å². The first kappa shape index (κ1) is 28.0. The van der Waals surface area contributed by atoms with Crippen LogP contribution in [0.25, 0.3) is 0 Å². The zero-order valence-corrected chi connectivity index (χ0v) is 20.4. The summed E-state index contributed by atoms with van der Waals surface area (Å²) in [6.07, 6.45) is -2.70. The Kier molecular flexibility index (Phi) is 11.7. The van der Waals surface area contributed by atoms with Crippen LogP contribution >= 0.6 is 0 Å². The molecule has 192 valence electrons. The Labute approximate surface area is 201 Å². The molecule has 0 radical (unpaired) electrons. The highest BCUT2D eigenvalue weighted by molar-refractivity contribution is 5.94. The smallest absolute Gasteiger partial charge is 0.253 e. The van der Waals surface area contributed by atoms with E-state index in [0.717, 1.165) is 6.54 Å². The molecule has 1 saturated heterocycles. The summed E-state index contributed by atoms with van der Waals surface area (Å²) in [6, 6.07) is 7.00. The fraction of sp³-hybridized carbons (Fsp3) is 0.667. The Morgan fingerprint density at radius 2 is 1.71 bits per heavy atom. The maximum absolute atomic E-state index is 13.2. The second-order valence-electron chi connectivity index (χ2n) is 8.84. The number of aliphatic hydroxyl groups is 3. The summed E-state index contributed by atoms with van der Waals surface area (Å²) in [4.78, 5) is 30.4. The zero-order chi connectivity index (χ0) is 25.1. The second-order valence-corrected chi connectivity index (χ2v) is 8.84. The van der Waals surface area contributed by atoms with Gasteiger partial charge in [0.05, 0.1) is 6.61 Å². The van der Waals surface area contributed by atoms with E-state index in [1.807, 2.05) is 19.0 Å². The Hall–Kier alpha value is -2.24. The summed E-state index contributed by atoms with van der Waals surface area (Å²) < 4.78 is 11.1. The topological polar surface area (TPSA) is 123 Å². The van der Waals surface area contributed by atoms with Crippen molar-refractivity contribution in [3.05, 3.63) is 29.8 Å². The first-order valence-electron chi connectivity index (χ1n) is 11.7. The van der Waals surface area contributed by atoms with Gasteiger partial charge >= 0.3 is 0 Å². The third kappa shape index (κ3) is 9.19. The molecule has 10 heteroatoms. The molecule has 0 saturated carbocycles. The van der Waals surface area contributed by atoms with E-state index in [0.29, 0.717) is 43.9 Å². The predicted octanol–water partition coefficient (Wildman–Crippen LogP) is -0.189. The van der Waals surface area contributed by atoms with Crippen LogP contribution in [0.3, 0.4) is 0 Å². The molecule has 0 aromatic heterocycles. The molecule has 3 atom stereocenters. The van der Waals surface area contributed by atoms with Gasteiger partial charge < -0.3 is 39.5 Å². The van der Waals surface area contributed by atoms with E-state index >= 15 is 0 Å². The minimum atomic E-state index is -1.44. The summed E-state index contributed by atoms with van der Waals surface area (Å²) in [6.45, 7) is 3.72. The van der Waals surface area contributed by atoms with Crippen LogP contribution in [0, 0.1) is 0 Å². The molecule has 0 aliphatic carbocycles. The number of hydrogen-bond acceptors (Lipinski definition) is 8. The molecular formula is C24H39N3O7. The van der Waals surface area contributed by atoms with Crippen LogP contribution in [0.15, 0.2) is 24.3 Å². The quantitative estimate of drug-likeness (QED) is 0.529. The average molecular weight is 482 g/mol. The average Bonchev–Trinajstić information content (AvgIpc) is 2.80. The molecule has 2 amide bonds. The van der Waals surface area contributed by atoms with Crippen molar-refractivity contribution in [2.24, 2.45) is 0 Å². The largest absolute Gasteiger partial charge is 0.492 e. The third-order valence-corrected chi connectivity index (χ3v) is 5.73. The number of carbonyl (C=O) groups is 2. The molecule has 34 heavy (non-hydrogen) atoms. The lowest BCUT2D eigenvalue weighted by Crippen LogP contribution is -2.49. The van der Waals surface area contributed by atoms with Gasteiger partial charge in [0.1, 0.15) is 30.7 Å². The second kappa shape index (κ2) is 14.2. The van der Waals surface area contributed by atoms with Crippen molar-refractivity contribution in [1.82, 2.24) is 14.7 Å². The summed E-state index contributed by atoms with van der Waals surface area (Å²) in [5.41, 5.74) is 0.519. The number of aliphatic hydroxyl groups excluding tert-OH is 3. The summed E-state index contributed by atoms with van der Waals surface area (Å²) in [7, 11) is 3.94. The summed E-state index contributed by atoms with van der Waals surface area (Å²) in [5, 5.41) is 30.5. The van der Waals surface area contributed by atoms with Crippen LogP contribution < -0.4 is 4.74 Å². The first-order valence-corrected chi connectivity index (χ1v) is 11.7. The Balaban J connectivity index is 2.08. The number of likely N-dealkylation sites (N-methyl/N-ethyl adjacent to an activating group) is 1. The van der Waals surface area contributed by atoms with E-state index in [2.05, 4.69) is 0 Å². The highest BCUT2D eigenvalue weighted by Crippen LogP contribution is 2.15. The van der Waals surface area contributed by atoms with Gasteiger partial charge in [-0.1, -0.05) is 0 Å². The molecule has 1 aliphatic rings. The lowest BCUT2D eigenvalue weighted by Gasteiger charge is -2.31. The number of carbonyl (C=O) groups excluding carboxylic acids is 2. The van der Waals surface area contributed by atoms with Crippen molar-refractivity contribution in [3.8, 4) is 5.75 Å². The number of benzene rings is 1. The number of amides is 2. The Bertz CT molecular complexity index is 759. The fourth-order valence-electron chi connectivity index (χ4n) is 3.56. The van der Waals surface area contributed by atoms with Gasteiger partial charge in [-0.25, -0.2) is 0 Å². The standard InChI is InChI=1S/C24H39N3O7/c1-18(28)27-12-11-26(10-4-5-14-33-17-22(30)23(31)21(29)16-27)24(32)19-6-8-20(9-7-19)34-15-13-25(2)3/h6-9,21-23,29-31H,4-5,10-17H2,1-3H3/t21-,22+,23+/m0/s1. The van der Waals surface area contributed by atoms with Crippen LogP contribution in [0.2, 0.25) is 0 Å². The first-order chi connectivity index (χ1) is 16.2. The van der Waals surface area contributed by atoms with Crippen LogP contribution in [0.4, 0.5) is 0 Å². The fourth-order valence-corrected chi connectivity index (χ4v) is 3.56. The Morgan fingerprint density at radius 1 is 1.03 bits per heavy atom. The molecule has 3 N–H and O–H groups in total. The van der Waals surface area contributed by atoms with Gasteiger partial charge in [0.2, 0.25) is 5.91 Å². The number of hydrogen-bond donors (Lipinski definition) is 3. The van der Waals surface area contributed by atoms with E-state index < -0.39 is 18.3 Å². The van der Waals surface area contributed by atoms with Crippen molar-refractivity contribution < 1.29 is 34.4 Å². The van der Waals surface area contributed by atoms with Crippen LogP contribution in [0.5, 0.6) is 5.75 Å². The molecular weight excluding hydrogens is 442 g/mol. The third-order valence-electron chi connectivity index (χ3n) is 5.73. The zero-order valence-electron chi connectivity index (χ0n) is 20.4. The predicted molar refractivity (Wildman–Crippen MR) is 127 cm³/mol. The number of β-amino-alcohol motifs (C(OH)–C–C–N with tert-alkyl or cyclic N) is 1. The maximum Gasteiger partial charge on any atom is 0.253 e. The van der Waals surface area contributed by atoms with Crippen LogP contribution in [0.1, 0.15) is 30.1 Å². The molecule has 1 aromatic rings. The van der Waals surface area contributed by atoms with Gasteiger partial charge in [-0.15, -0.1) is 0 Å². The van der Waals surface area contributed by atoms with Crippen molar-refractivity contribution in [2.75, 3.05) is 66.6 Å². The van der Waals surface area contributed by atoms with E-state index in [9.17, 15) is 24.9 Å². The van der Waals surface area contributed by atoms with Crippen LogP contribution in [-0.2, 0) is 9.53 Å². The molecule has 1 aliphatic heterocycles. The molecule has 1 fully saturated rings. The maximum atomic E-state index is 13.2. The molecule has 1 heterocycles. The monoisotopic (exact) mass is 481 g/mol. The molecule has 10 nitrogen and oxygen atoms in total. The van der Waals surface area contributed by atoms with Crippen molar-refractivity contribution in [3.63, 3.8) is 0 Å². The number of nitrogens with zero attached hydrogens (tertiary/aromatic N) is 3. The van der Waals surface area contributed by atoms with E-state index in [1.54, 1.807) is 29.2 Å². The molecule has 1 aromatic carbocycles. The van der Waals surface area contributed by atoms with Crippen molar-refractivity contribution >= 4 is 11.8 Å². The van der Waals surface area contributed by atoms with E-state index in [1.165, 1.54) is 11.8 Å². The van der Waals surface area contributed by atoms with Gasteiger partial charge in [-0.3, -0.25) is 9.59 Å². The summed E-state index contributed by atoms with van der Waals surface area (Å²) >= 11 is 0. The summed E-state index contributed by atoms with van der Waals surface area (Å²) in [5.74, 6) is 0.233. The van der Waals surface area contributed by atoms with Crippen LogP contribution in [-0.4, -0.2) is 127 Å². The number of ether oxygens (including phenoxy) is 2. The highest BCUT2D eigenvalue weighted by atomic mass is 16.5.